The SMILES string of the molecule is CC(=O)Oc1cccc(NC(=O)Nc2c(F)cccc2F)c1. The largest absolute Gasteiger partial charge is 0.427 e. The lowest BCUT2D eigenvalue weighted by Crippen LogP contribution is -2.21. The molecule has 0 aliphatic rings. The first-order valence-electron chi connectivity index (χ1n) is 6.26. The van der Waals surface area contributed by atoms with Gasteiger partial charge in [-0.2, -0.15) is 0 Å². The highest BCUT2D eigenvalue weighted by Crippen LogP contribution is 2.20. The molecule has 0 unspecified atom stereocenters. The van der Waals surface area contributed by atoms with Crippen LogP contribution >= 0.6 is 0 Å². The van der Waals surface area contributed by atoms with Crippen molar-refractivity contribution in [3.63, 3.8) is 0 Å². The first kappa shape index (κ1) is 15.4. The van der Waals surface area contributed by atoms with E-state index in [4.69, 9.17) is 4.74 Å². The van der Waals surface area contributed by atoms with Crippen LogP contribution in [0.4, 0.5) is 25.0 Å². The summed E-state index contributed by atoms with van der Waals surface area (Å²) < 4.78 is 31.7. The molecule has 0 aromatic heterocycles. The molecule has 0 spiro atoms. The molecule has 0 saturated carbocycles. The number of halogens is 2. The minimum atomic E-state index is -0.885. The Morgan fingerprint density at radius 1 is 1.00 bits per heavy atom. The maximum atomic E-state index is 13.4. The third-order valence-corrected chi connectivity index (χ3v) is 2.55. The van der Waals surface area contributed by atoms with E-state index in [0.29, 0.717) is 5.69 Å². The number of para-hydroxylation sites is 1. The molecule has 0 aliphatic carbocycles. The summed E-state index contributed by atoms with van der Waals surface area (Å²) in [5.74, 6) is -2.04. The minimum Gasteiger partial charge on any atom is -0.427 e. The molecule has 5 nitrogen and oxygen atoms in total. The van der Waals surface area contributed by atoms with Crippen LogP contribution in [0.3, 0.4) is 0 Å². The van der Waals surface area contributed by atoms with Crippen molar-refractivity contribution >= 4 is 23.4 Å². The fourth-order valence-electron chi connectivity index (χ4n) is 1.70. The number of ether oxygens (including phenoxy) is 1. The Hall–Kier alpha value is -2.96. The second-order valence-electron chi connectivity index (χ2n) is 4.30. The summed E-state index contributed by atoms with van der Waals surface area (Å²) in [5, 5.41) is 4.46. The molecule has 2 aromatic rings. The van der Waals surface area contributed by atoms with E-state index in [1.165, 1.54) is 31.2 Å². The van der Waals surface area contributed by atoms with Gasteiger partial charge in [0.25, 0.3) is 0 Å². The van der Waals surface area contributed by atoms with Gasteiger partial charge in [0.1, 0.15) is 23.1 Å². The van der Waals surface area contributed by atoms with Crippen LogP contribution in [0, 0.1) is 11.6 Å². The van der Waals surface area contributed by atoms with Gasteiger partial charge in [0, 0.05) is 18.7 Å². The molecular formula is C15H12F2N2O3. The zero-order valence-electron chi connectivity index (χ0n) is 11.5. The van der Waals surface area contributed by atoms with Crippen LogP contribution in [0.25, 0.3) is 0 Å². The number of carbonyl (C=O) groups is 2. The van der Waals surface area contributed by atoms with Crippen molar-refractivity contribution in [3.8, 4) is 5.75 Å². The zero-order chi connectivity index (χ0) is 16.1. The van der Waals surface area contributed by atoms with Gasteiger partial charge >= 0.3 is 12.0 Å². The molecule has 0 aliphatic heterocycles. The first-order valence-corrected chi connectivity index (χ1v) is 6.26. The molecule has 22 heavy (non-hydrogen) atoms. The minimum absolute atomic E-state index is 0.238. The number of nitrogens with one attached hydrogen (secondary N) is 2. The molecule has 0 bridgehead atoms. The highest BCUT2D eigenvalue weighted by molar-refractivity contribution is 6.00. The molecular weight excluding hydrogens is 294 g/mol. The van der Waals surface area contributed by atoms with Gasteiger partial charge in [-0.25, -0.2) is 13.6 Å². The summed E-state index contributed by atoms with van der Waals surface area (Å²) in [6.07, 6.45) is 0. The van der Waals surface area contributed by atoms with E-state index in [1.807, 2.05) is 0 Å². The monoisotopic (exact) mass is 306 g/mol. The fraction of sp³-hybridized carbons (Fsp3) is 0.0667. The van der Waals surface area contributed by atoms with Gasteiger partial charge in [-0.3, -0.25) is 4.79 Å². The van der Waals surface area contributed by atoms with Gasteiger partial charge < -0.3 is 15.4 Å². The molecule has 7 heteroatoms. The number of amides is 2. The number of esters is 1. The average molecular weight is 306 g/mol. The summed E-state index contributed by atoms with van der Waals surface area (Å²) >= 11 is 0. The van der Waals surface area contributed by atoms with E-state index >= 15 is 0 Å². The number of hydrogen-bond donors (Lipinski definition) is 2. The number of carbonyl (C=O) groups excluding carboxylic acids is 2. The van der Waals surface area contributed by atoms with Crippen LogP contribution in [0.1, 0.15) is 6.92 Å². The molecule has 0 heterocycles. The number of anilines is 2. The highest BCUT2D eigenvalue weighted by atomic mass is 19.1. The smallest absolute Gasteiger partial charge is 0.323 e. The van der Waals surface area contributed by atoms with Crippen molar-refractivity contribution in [2.75, 3.05) is 10.6 Å². The third-order valence-electron chi connectivity index (χ3n) is 2.55. The Morgan fingerprint density at radius 3 is 2.27 bits per heavy atom. The van der Waals surface area contributed by atoms with Gasteiger partial charge in [0.15, 0.2) is 0 Å². The summed E-state index contributed by atoms with van der Waals surface area (Å²) in [7, 11) is 0. The van der Waals surface area contributed by atoms with Crippen molar-refractivity contribution in [2.24, 2.45) is 0 Å². The predicted molar refractivity (Wildman–Crippen MR) is 76.8 cm³/mol. The lowest BCUT2D eigenvalue weighted by atomic mass is 10.3. The topological polar surface area (TPSA) is 67.4 Å². The van der Waals surface area contributed by atoms with Crippen LogP contribution in [0.15, 0.2) is 42.5 Å². The first-order chi connectivity index (χ1) is 10.5. The Labute approximate surface area is 124 Å². The molecule has 0 radical (unpaired) electrons. The highest BCUT2D eigenvalue weighted by Gasteiger charge is 2.12. The second-order valence-corrected chi connectivity index (χ2v) is 4.30. The maximum Gasteiger partial charge on any atom is 0.323 e. The predicted octanol–water partition coefficient (Wildman–Crippen LogP) is 3.53. The van der Waals surface area contributed by atoms with Crippen molar-refractivity contribution < 1.29 is 23.1 Å². The molecule has 2 N–H and O–H groups in total. The molecule has 0 saturated heterocycles. The van der Waals surface area contributed by atoms with Crippen LogP contribution in [-0.4, -0.2) is 12.0 Å². The van der Waals surface area contributed by atoms with Gasteiger partial charge in [-0.15, -0.1) is 0 Å². The summed E-state index contributed by atoms with van der Waals surface area (Å²) in [4.78, 5) is 22.6. The number of hydrogen-bond acceptors (Lipinski definition) is 3. The molecule has 2 rings (SSSR count). The fourth-order valence-corrected chi connectivity index (χ4v) is 1.70. The zero-order valence-corrected chi connectivity index (χ0v) is 11.5. The second kappa shape index (κ2) is 6.66. The normalized spacial score (nSPS) is 9.95. The van der Waals surface area contributed by atoms with Gasteiger partial charge in [0.05, 0.1) is 0 Å². The van der Waals surface area contributed by atoms with E-state index in [1.54, 1.807) is 6.07 Å². The van der Waals surface area contributed by atoms with E-state index in [0.717, 1.165) is 12.1 Å². The quantitative estimate of drug-likeness (QED) is 0.673. The Morgan fingerprint density at radius 2 is 1.64 bits per heavy atom. The molecule has 0 atom stereocenters. The van der Waals surface area contributed by atoms with Crippen molar-refractivity contribution in [3.05, 3.63) is 54.1 Å². The lowest BCUT2D eigenvalue weighted by molar-refractivity contribution is -0.131. The third kappa shape index (κ3) is 4.02. The summed E-state index contributed by atoms with van der Waals surface area (Å²) in [5.41, 5.74) is -0.246. The van der Waals surface area contributed by atoms with E-state index < -0.39 is 29.3 Å². The lowest BCUT2D eigenvalue weighted by Gasteiger charge is -2.10. The van der Waals surface area contributed by atoms with Crippen molar-refractivity contribution in [1.29, 1.82) is 0 Å². The maximum absolute atomic E-state index is 13.4. The van der Waals surface area contributed by atoms with Crippen LogP contribution < -0.4 is 15.4 Å². The molecule has 2 amide bonds. The standard InChI is InChI=1S/C15H12F2N2O3/c1-9(20)22-11-5-2-4-10(8-11)18-15(21)19-14-12(16)6-3-7-13(14)17/h2-8H,1H3,(H2,18,19,21). The summed E-state index contributed by atoms with van der Waals surface area (Å²) in [6.45, 7) is 1.24. The van der Waals surface area contributed by atoms with Gasteiger partial charge in [0.2, 0.25) is 0 Å². The molecule has 114 valence electrons. The van der Waals surface area contributed by atoms with Crippen molar-refractivity contribution in [1.82, 2.24) is 0 Å². The Kier molecular flexibility index (Phi) is 4.67. The van der Waals surface area contributed by atoms with E-state index in [-0.39, 0.29) is 5.75 Å². The van der Waals surface area contributed by atoms with Gasteiger partial charge in [-0.1, -0.05) is 12.1 Å². The summed E-state index contributed by atoms with van der Waals surface area (Å²) in [6, 6.07) is 8.43. The molecule has 0 fully saturated rings. The Bertz CT molecular complexity index is 699. The van der Waals surface area contributed by atoms with Gasteiger partial charge in [-0.05, 0) is 24.3 Å². The van der Waals surface area contributed by atoms with E-state index in [2.05, 4.69) is 10.6 Å². The number of rotatable bonds is 3. The van der Waals surface area contributed by atoms with Crippen LogP contribution in [-0.2, 0) is 4.79 Å². The number of urea groups is 1. The average Bonchev–Trinajstić information content (AvgIpc) is 2.42. The van der Waals surface area contributed by atoms with Crippen molar-refractivity contribution in [2.45, 2.75) is 6.92 Å². The van der Waals surface area contributed by atoms with Crippen LogP contribution in [0.5, 0.6) is 5.75 Å². The number of benzene rings is 2. The molecule has 2 aromatic carbocycles. The Balaban J connectivity index is 2.08. The van der Waals surface area contributed by atoms with E-state index in [9.17, 15) is 18.4 Å². The van der Waals surface area contributed by atoms with Crippen LogP contribution in [0.2, 0.25) is 0 Å².